The van der Waals surface area contributed by atoms with E-state index in [1.165, 1.54) is 16.3 Å². The number of hydrogen-bond acceptors (Lipinski definition) is 4. The van der Waals surface area contributed by atoms with Crippen molar-refractivity contribution >= 4 is 44.8 Å². The summed E-state index contributed by atoms with van der Waals surface area (Å²) >= 11 is 0. The second-order valence-electron chi connectivity index (χ2n) is 8.81. The van der Waals surface area contributed by atoms with E-state index in [9.17, 15) is 4.79 Å². The van der Waals surface area contributed by atoms with Crippen LogP contribution < -0.4 is 10.2 Å². The Hall–Kier alpha value is -4.84. The topological polar surface area (TPSA) is 68.8 Å². The van der Waals surface area contributed by atoms with E-state index < -0.39 is 5.91 Å². The summed E-state index contributed by atoms with van der Waals surface area (Å²) in [6.45, 7) is 3.23. The van der Waals surface area contributed by atoms with Gasteiger partial charge in [-0.15, -0.1) is 0 Å². The Bertz CT molecular complexity index is 1770. The third-order valence-corrected chi connectivity index (χ3v) is 6.43. The van der Waals surface area contributed by atoms with Gasteiger partial charge in [-0.2, -0.15) is 5.10 Å². The molecule has 1 amide bonds. The number of nitrogens with one attached hydrogen (secondary N) is 1. The standard InChI is InChI=1S/C31H25N3O3/c1-2-36-25-14-15-29-23(16-25)17-30(37-29)31(35)33-32-18-24-20-34(28-13-6-5-12-27(24)28)19-22-10-7-9-21-8-3-4-11-26(21)22/h3-18,20H,2,19H2,1H3,(H,33,35)/b32-18+. The summed E-state index contributed by atoms with van der Waals surface area (Å²) in [6, 6.07) is 30.2. The maximum atomic E-state index is 12.7. The van der Waals surface area contributed by atoms with Gasteiger partial charge in [-0.05, 0) is 53.6 Å². The van der Waals surface area contributed by atoms with E-state index >= 15 is 0 Å². The number of carbonyl (C=O) groups excluding carboxylic acids is 1. The lowest BCUT2D eigenvalue weighted by atomic mass is 10.0. The average molecular weight is 488 g/mol. The number of carbonyl (C=O) groups is 1. The van der Waals surface area contributed by atoms with Gasteiger partial charge in [0.15, 0.2) is 5.76 Å². The minimum atomic E-state index is -0.412. The molecule has 6 nitrogen and oxygen atoms in total. The summed E-state index contributed by atoms with van der Waals surface area (Å²) < 4.78 is 13.4. The van der Waals surface area contributed by atoms with Gasteiger partial charge in [0, 0.05) is 34.6 Å². The molecule has 0 aliphatic rings. The maximum Gasteiger partial charge on any atom is 0.307 e. The van der Waals surface area contributed by atoms with Gasteiger partial charge in [0.1, 0.15) is 11.3 Å². The molecule has 0 saturated heterocycles. The zero-order valence-electron chi connectivity index (χ0n) is 20.3. The summed E-state index contributed by atoms with van der Waals surface area (Å²) in [5, 5.41) is 8.56. The second-order valence-corrected chi connectivity index (χ2v) is 8.81. The molecule has 37 heavy (non-hydrogen) atoms. The molecule has 4 aromatic carbocycles. The molecular weight excluding hydrogens is 462 g/mol. The van der Waals surface area contributed by atoms with Crippen molar-refractivity contribution < 1.29 is 13.9 Å². The molecule has 2 heterocycles. The first-order valence-corrected chi connectivity index (χ1v) is 12.2. The average Bonchev–Trinajstić information content (AvgIpc) is 3.51. The highest BCUT2D eigenvalue weighted by Gasteiger charge is 2.13. The molecular formula is C31H25N3O3. The van der Waals surface area contributed by atoms with E-state index in [2.05, 4.69) is 75.9 Å². The first-order chi connectivity index (χ1) is 18.2. The Morgan fingerprint density at radius 2 is 1.76 bits per heavy atom. The molecule has 0 aliphatic carbocycles. The van der Waals surface area contributed by atoms with Gasteiger partial charge in [-0.3, -0.25) is 4.79 Å². The first kappa shape index (κ1) is 22.6. The largest absolute Gasteiger partial charge is 0.494 e. The second kappa shape index (κ2) is 9.66. The van der Waals surface area contributed by atoms with Crippen molar-refractivity contribution in [2.45, 2.75) is 13.5 Å². The normalized spacial score (nSPS) is 11.6. The minimum absolute atomic E-state index is 0.194. The van der Waals surface area contributed by atoms with Crippen molar-refractivity contribution in [2.75, 3.05) is 6.61 Å². The fourth-order valence-corrected chi connectivity index (χ4v) is 4.73. The Morgan fingerprint density at radius 3 is 2.65 bits per heavy atom. The van der Waals surface area contributed by atoms with Crippen LogP contribution in [0.2, 0.25) is 0 Å². The lowest BCUT2D eigenvalue weighted by Crippen LogP contribution is -2.16. The number of hydrogen-bond donors (Lipinski definition) is 1. The summed E-state index contributed by atoms with van der Waals surface area (Å²) in [6.07, 6.45) is 3.74. The molecule has 1 N–H and O–H groups in total. The number of hydrazone groups is 1. The van der Waals surface area contributed by atoms with Gasteiger partial charge in [0.05, 0.1) is 12.8 Å². The number of amides is 1. The van der Waals surface area contributed by atoms with Crippen LogP contribution in [0.1, 0.15) is 28.6 Å². The quantitative estimate of drug-likeness (QED) is 0.200. The lowest BCUT2D eigenvalue weighted by Gasteiger charge is -2.09. The van der Waals surface area contributed by atoms with Crippen LogP contribution in [0.3, 0.4) is 0 Å². The molecule has 6 heteroatoms. The lowest BCUT2D eigenvalue weighted by molar-refractivity contribution is 0.0929. The predicted molar refractivity (Wildman–Crippen MR) is 147 cm³/mol. The van der Waals surface area contributed by atoms with Crippen molar-refractivity contribution in [1.82, 2.24) is 9.99 Å². The van der Waals surface area contributed by atoms with E-state index in [1.54, 1.807) is 18.3 Å². The summed E-state index contributed by atoms with van der Waals surface area (Å²) in [5.41, 5.74) is 6.48. The summed E-state index contributed by atoms with van der Waals surface area (Å²) in [4.78, 5) is 12.7. The van der Waals surface area contributed by atoms with Crippen LogP contribution in [-0.4, -0.2) is 23.3 Å². The number of benzene rings is 4. The summed E-state index contributed by atoms with van der Waals surface area (Å²) in [7, 11) is 0. The Kier molecular flexibility index (Phi) is 5.91. The van der Waals surface area contributed by atoms with Crippen molar-refractivity contribution in [3.8, 4) is 5.75 Å². The smallest absolute Gasteiger partial charge is 0.307 e. The Morgan fingerprint density at radius 1 is 0.946 bits per heavy atom. The van der Waals surface area contributed by atoms with Crippen LogP contribution in [0, 0.1) is 0 Å². The van der Waals surface area contributed by atoms with E-state index in [0.29, 0.717) is 12.2 Å². The van der Waals surface area contributed by atoms with Gasteiger partial charge in [0.2, 0.25) is 0 Å². The fourth-order valence-electron chi connectivity index (χ4n) is 4.73. The zero-order chi connectivity index (χ0) is 25.2. The molecule has 0 aliphatic heterocycles. The van der Waals surface area contributed by atoms with E-state index in [-0.39, 0.29) is 5.76 Å². The van der Waals surface area contributed by atoms with Gasteiger partial charge in [-0.25, -0.2) is 5.43 Å². The number of ether oxygens (including phenoxy) is 1. The SMILES string of the molecule is CCOc1ccc2oc(C(=O)N/N=C/c3cn(Cc4cccc5ccccc45)c4ccccc34)cc2c1. The molecule has 0 bridgehead atoms. The highest BCUT2D eigenvalue weighted by molar-refractivity contribution is 6.01. The number of aromatic nitrogens is 1. The molecule has 0 unspecified atom stereocenters. The molecule has 6 rings (SSSR count). The first-order valence-electron chi connectivity index (χ1n) is 12.2. The third kappa shape index (κ3) is 4.45. The molecule has 2 aromatic heterocycles. The highest BCUT2D eigenvalue weighted by Crippen LogP contribution is 2.26. The predicted octanol–water partition coefficient (Wildman–Crippen LogP) is 6.75. The van der Waals surface area contributed by atoms with Gasteiger partial charge in [0.25, 0.3) is 0 Å². The molecule has 182 valence electrons. The fraction of sp³-hybridized carbons (Fsp3) is 0.0968. The molecule has 0 atom stereocenters. The van der Waals surface area contributed by atoms with Crippen LogP contribution >= 0.6 is 0 Å². The molecule has 0 spiro atoms. The van der Waals surface area contributed by atoms with Crippen molar-refractivity contribution in [3.05, 3.63) is 114 Å². The van der Waals surface area contributed by atoms with Crippen LogP contribution in [0.15, 0.2) is 107 Å². The van der Waals surface area contributed by atoms with E-state index in [0.717, 1.165) is 34.1 Å². The molecule has 0 radical (unpaired) electrons. The van der Waals surface area contributed by atoms with Crippen molar-refractivity contribution in [2.24, 2.45) is 5.10 Å². The van der Waals surface area contributed by atoms with Crippen molar-refractivity contribution in [3.63, 3.8) is 0 Å². The van der Waals surface area contributed by atoms with Crippen LogP contribution in [0.5, 0.6) is 5.75 Å². The number of nitrogens with zero attached hydrogens (tertiary/aromatic N) is 2. The molecule has 6 aromatic rings. The van der Waals surface area contributed by atoms with Crippen LogP contribution in [0.25, 0.3) is 32.6 Å². The van der Waals surface area contributed by atoms with Crippen LogP contribution in [-0.2, 0) is 6.54 Å². The van der Waals surface area contributed by atoms with E-state index in [4.69, 9.17) is 9.15 Å². The van der Waals surface area contributed by atoms with Crippen LogP contribution in [0.4, 0.5) is 0 Å². The van der Waals surface area contributed by atoms with Gasteiger partial charge < -0.3 is 13.7 Å². The Balaban J connectivity index is 1.24. The third-order valence-electron chi connectivity index (χ3n) is 6.43. The number of furan rings is 1. The highest BCUT2D eigenvalue weighted by atomic mass is 16.5. The number of rotatable bonds is 7. The Labute approximate surface area is 213 Å². The van der Waals surface area contributed by atoms with Gasteiger partial charge >= 0.3 is 5.91 Å². The molecule has 0 fully saturated rings. The number of fused-ring (bicyclic) bond motifs is 3. The maximum absolute atomic E-state index is 12.7. The van der Waals surface area contributed by atoms with Gasteiger partial charge in [-0.1, -0.05) is 60.7 Å². The van der Waals surface area contributed by atoms with E-state index in [1.807, 2.05) is 31.2 Å². The molecule has 0 saturated carbocycles. The van der Waals surface area contributed by atoms with Crippen molar-refractivity contribution in [1.29, 1.82) is 0 Å². The zero-order valence-corrected chi connectivity index (χ0v) is 20.3. The minimum Gasteiger partial charge on any atom is -0.494 e. The number of para-hydroxylation sites is 1. The summed E-state index contributed by atoms with van der Waals surface area (Å²) in [5.74, 6) is 0.518. The monoisotopic (exact) mass is 487 g/mol.